The van der Waals surface area contributed by atoms with Crippen LogP contribution in [0.15, 0.2) is 18.2 Å². The molecule has 2 rings (SSSR count). The van der Waals surface area contributed by atoms with Gasteiger partial charge in [0.05, 0.1) is 4.92 Å². The van der Waals surface area contributed by atoms with Crippen LogP contribution in [0, 0.1) is 10.1 Å². The van der Waals surface area contributed by atoms with E-state index in [4.69, 9.17) is 5.73 Å². The Morgan fingerprint density at radius 3 is 2.89 bits per heavy atom. The van der Waals surface area contributed by atoms with Crippen molar-refractivity contribution in [2.24, 2.45) is 5.73 Å². The highest BCUT2D eigenvalue weighted by Gasteiger charge is 2.24. The second-order valence-electron chi connectivity index (χ2n) is 4.63. The fourth-order valence-electron chi connectivity index (χ4n) is 2.24. The fourth-order valence-corrected chi connectivity index (χ4v) is 2.24. The van der Waals surface area contributed by atoms with Gasteiger partial charge in [0.25, 0.3) is 5.69 Å². The summed E-state index contributed by atoms with van der Waals surface area (Å²) in [5, 5.41) is 14.3. The third-order valence-corrected chi connectivity index (χ3v) is 3.17. The van der Waals surface area contributed by atoms with Gasteiger partial charge in [0, 0.05) is 37.3 Å². The number of nitro groups is 1. The van der Waals surface area contributed by atoms with Crippen molar-refractivity contribution in [3.63, 3.8) is 0 Å². The number of benzene rings is 1. The number of nitrogens with two attached hydrogens (primary N) is 1. The van der Waals surface area contributed by atoms with Crippen LogP contribution in [0.5, 0.6) is 0 Å². The van der Waals surface area contributed by atoms with E-state index < -0.39 is 10.8 Å². The van der Waals surface area contributed by atoms with Gasteiger partial charge in [-0.15, -0.1) is 0 Å². The molecule has 1 amide bonds. The molecule has 1 fully saturated rings. The van der Waals surface area contributed by atoms with Crippen molar-refractivity contribution in [3.8, 4) is 0 Å². The highest BCUT2D eigenvalue weighted by atomic mass is 16.6. The van der Waals surface area contributed by atoms with Gasteiger partial charge in [-0.25, -0.2) is 0 Å². The summed E-state index contributed by atoms with van der Waals surface area (Å²) in [7, 11) is 0. The number of amides is 1. The molecule has 0 spiro atoms. The number of carbonyl (C=O) groups is 1. The molecular weight excluding hydrogens is 248 g/mol. The summed E-state index contributed by atoms with van der Waals surface area (Å²) in [6.07, 6.45) is 0. The van der Waals surface area contributed by atoms with E-state index in [1.165, 1.54) is 18.2 Å². The summed E-state index contributed by atoms with van der Waals surface area (Å²) in [5.41, 5.74) is 5.96. The van der Waals surface area contributed by atoms with Crippen LogP contribution >= 0.6 is 0 Å². The number of nitro benzene ring substituents is 1. The maximum absolute atomic E-state index is 11.2. The number of piperazine rings is 1. The smallest absolute Gasteiger partial charge is 0.292 e. The average molecular weight is 264 g/mol. The molecule has 102 valence electrons. The third kappa shape index (κ3) is 2.82. The summed E-state index contributed by atoms with van der Waals surface area (Å²) < 4.78 is 0. The Morgan fingerprint density at radius 2 is 2.32 bits per heavy atom. The van der Waals surface area contributed by atoms with E-state index in [1.807, 2.05) is 11.8 Å². The first-order valence-corrected chi connectivity index (χ1v) is 6.05. The number of anilines is 1. The number of carbonyl (C=O) groups excluding carboxylic acids is 1. The lowest BCUT2D eigenvalue weighted by Crippen LogP contribution is -2.49. The predicted molar refractivity (Wildman–Crippen MR) is 71.3 cm³/mol. The van der Waals surface area contributed by atoms with Crippen LogP contribution in [0.3, 0.4) is 0 Å². The van der Waals surface area contributed by atoms with E-state index in [1.54, 1.807) is 0 Å². The van der Waals surface area contributed by atoms with Crippen molar-refractivity contribution >= 4 is 17.3 Å². The highest BCUT2D eigenvalue weighted by molar-refractivity contribution is 5.94. The standard InChI is InChI=1S/C12H16N4O3/c1-8-7-15(5-4-14-8)11-6-9(12(13)17)2-3-10(11)16(18)19/h2-3,6,8,14H,4-5,7H2,1H3,(H2,13,17). The van der Waals surface area contributed by atoms with Gasteiger partial charge < -0.3 is 16.0 Å². The van der Waals surface area contributed by atoms with Crippen molar-refractivity contribution in [1.82, 2.24) is 5.32 Å². The SMILES string of the molecule is CC1CN(c2cc(C(N)=O)ccc2[N+](=O)[O-])CCN1. The summed E-state index contributed by atoms with van der Waals surface area (Å²) in [6.45, 7) is 4.07. The number of nitrogens with zero attached hydrogens (tertiary/aromatic N) is 2. The third-order valence-electron chi connectivity index (χ3n) is 3.17. The summed E-state index contributed by atoms with van der Waals surface area (Å²) in [6, 6.07) is 4.46. The van der Waals surface area contributed by atoms with Crippen LogP contribution in [-0.4, -0.2) is 36.5 Å². The molecule has 1 aliphatic heterocycles. The van der Waals surface area contributed by atoms with E-state index in [2.05, 4.69) is 5.32 Å². The van der Waals surface area contributed by atoms with Gasteiger partial charge in [-0.3, -0.25) is 14.9 Å². The van der Waals surface area contributed by atoms with Crippen molar-refractivity contribution in [1.29, 1.82) is 0 Å². The largest absolute Gasteiger partial charge is 0.366 e. The van der Waals surface area contributed by atoms with E-state index in [9.17, 15) is 14.9 Å². The Hall–Kier alpha value is -2.15. The zero-order valence-corrected chi connectivity index (χ0v) is 10.6. The first-order chi connectivity index (χ1) is 8.99. The monoisotopic (exact) mass is 264 g/mol. The Labute approximate surface area is 110 Å². The van der Waals surface area contributed by atoms with Crippen molar-refractivity contribution in [2.45, 2.75) is 13.0 Å². The molecule has 7 nitrogen and oxygen atoms in total. The lowest BCUT2D eigenvalue weighted by atomic mass is 10.1. The highest BCUT2D eigenvalue weighted by Crippen LogP contribution is 2.29. The van der Waals surface area contributed by atoms with Crippen LogP contribution in [0.1, 0.15) is 17.3 Å². The maximum Gasteiger partial charge on any atom is 0.292 e. The minimum absolute atomic E-state index is 0.000833. The molecule has 1 saturated heterocycles. The number of nitrogens with one attached hydrogen (secondary N) is 1. The van der Waals surface area contributed by atoms with Gasteiger partial charge in [-0.05, 0) is 19.1 Å². The summed E-state index contributed by atoms with van der Waals surface area (Å²) >= 11 is 0. The molecule has 1 heterocycles. The molecule has 0 bridgehead atoms. The number of primary amides is 1. The minimum atomic E-state index is -0.584. The maximum atomic E-state index is 11.2. The molecule has 0 aromatic heterocycles. The number of rotatable bonds is 3. The van der Waals surface area contributed by atoms with Crippen molar-refractivity contribution < 1.29 is 9.72 Å². The fraction of sp³-hybridized carbons (Fsp3) is 0.417. The normalized spacial score (nSPS) is 19.2. The van der Waals surface area contributed by atoms with E-state index in [-0.39, 0.29) is 17.3 Å². The minimum Gasteiger partial charge on any atom is -0.366 e. The Balaban J connectivity index is 2.42. The molecule has 19 heavy (non-hydrogen) atoms. The van der Waals surface area contributed by atoms with Gasteiger partial charge in [0.2, 0.25) is 5.91 Å². The van der Waals surface area contributed by atoms with Gasteiger partial charge in [-0.1, -0.05) is 0 Å². The molecule has 1 unspecified atom stereocenters. The van der Waals surface area contributed by atoms with Crippen molar-refractivity contribution in [3.05, 3.63) is 33.9 Å². The van der Waals surface area contributed by atoms with Gasteiger partial charge in [-0.2, -0.15) is 0 Å². The first-order valence-electron chi connectivity index (χ1n) is 6.05. The van der Waals surface area contributed by atoms with Crippen LogP contribution in [0.25, 0.3) is 0 Å². The van der Waals surface area contributed by atoms with Gasteiger partial charge >= 0.3 is 0 Å². The quantitative estimate of drug-likeness (QED) is 0.611. The molecular formula is C12H16N4O3. The van der Waals surface area contributed by atoms with E-state index in [0.717, 1.165) is 6.54 Å². The predicted octanol–water partition coefficient (Wildman–Crippen LogP) is 0.492. The molecule has 1 aliphatic rings. The zero-order chi connectivity index (χ0) is 14.0. The second-order valence-corrected chi connectivity index (χ2v) is 4.63. The molecule has 0 aliphatic carbocycles. The summed E-state index contributed by atoms with van der Waals surface area (Å²) in [5.74, 6) is -0.584. The molecule has 3 N–H and O–H groups in total. The molecule has 1 atom stereocenters. The zero-order valence-electron chi connectivity index (χ0n) is 10.6. The molecule has 1 aromatic carbocycles. The number of hydrogen-bond acceptors (Lipinski definition) is 5. The topological polar surface area (TPSA) is 102 Å². The van der Waals surface area contributed by atoms with Crippen LogP contribution in [-0.2, 0) is 0 Å². The van der Waals surface area contributed by atoms with Crippen LogP contribution in [0.2, 0.25) is 0 Å². The lowest BCUT2D eigenvalue weighted by molar-refractivity contribution is -0.384. The van der Waals surface area contributed by atoms with Crippen LogP contribution in [0.4, 0.5) is 11.4 Å². The lowest BCUT2D eigenvalue weighted by Gasteiger charge is -2.33. The first kappa shape index (κ1) is 13.3. The Bertz CT molecular complexity index is 518. The molecule has 7 heteroatoms. The van der Waals surface area contributed by atoms with E-state index >= 15 is 0 Å². The summed E-state index contributed by atoms with van der Waals surface area (Å²) in [4.78, 5) is 23.7. The Kier molecular flexibility index (Phi) is 3.66. The molecule has 0 radical (unpaired) electrons. The number of hydrogen-bond donors (Lipinski definition) is 2. The molecule has 0 saturated carbocycles. The van der Waals surface area contributed by atoms with Crippen molar-refractivity contribution in [2.75, 3.05) is 24.5 Å². The van der Waals surface area contributed by atoms with Crippen LogP contribution < -0.4 is 16.0 Å². The second kappa shape index (κ2) is 5.23. The Morgan fingerprint density at radius 1 is 1.58 bits per heavy atom. The average Bonchev–Trinajstić information content (AvgIpc) is 2.37. The van der Waals surface area contributed by atoms with Gasteiger partial charge in [0.1, 0.15) is 5.69 Å². The van der Waals surface area contributed by atoms with E-state index in [0.29, 0.717) is 18.8 Å². The molecule has 1 aromatic rings. The van der Waals surface area contributed by atoms with Gasteiger partial charge in [0.15, 0.2) is 0 Å².